The predicted molar refractivity (Wildman–Crippen MR) is 85.8 cm³/mol. The summed E-state index contributed by atoms with van der Waals surface area (Å²) in [5, 5.41) is 4.31. The third-order valence-electron chi connectivity index (χ3n) is 3.57. The van der Waals surface area contributed by atoms with Crippen molar-refractivity contribution >= 4 is 26.9 Å². The number of fused-ring (bicyclic) bond motifs is 1. The Hall–Kier alpha value is -1.65. The van der Waals surface area contributed by atoms with Crippen LogP contribution in [0.25, 0.3) is 11.0 Å². The fourth-order valence-electron chi connectivity index (χ4n) is 2.44. The summed E-state index contributed by atoms with van der Waals surface area (Å²) in [6.45, 7) is 0. The average Bonchev–Trinajstić information content (AvgIpc) is 2.91. The highest BCUT2D eigenvalue weighted by Crippen LogP contribution is 2.28. The van der Waals surface area contributed by atoms with Crippen LogP contribution < -0.4 is 5.32 Å². The molecule has 1 N–H and O–H groups in total. The van der Waals surface area contributed by atoms with Crippen LogP contribution in [0.15, 0.2) is 57.4 Å². The van der Waals surface area contributed by atoms with Gasteiger partial charge in [-0.3, -0.25) is 0 Å². The van der Waals surface area contributed by atoms with Crippen molar-refractivity contribution in [2.45, 2.75) is 12.5 Å². The lowest BCUT2D eigenvalue weighted by Crippen LogP contribution is -2.18. The van der Waals surface area contributed by atoms with Gasteiger partial charge in [-0.1, -0.05) is 34.1 Å². The molecule has 0 saturated carbocycles. The SMILES string of the molecule is CNC(Cc1cc(F)ccc1Br)c1cc2ccccc2o1. The van der Waals surface area contributed by atoms with E-state index in [-0.39, 0.29) is 11.9 Å². The number of furan rings is 1. The van der Waals surface area contributed by atoms with Gasteiger partial charge in [0, 0.05) is 9.86 Å². The van der Waals surface area contributed by atoms with Gasteiger partial charge in [-0.15, -0.1) is 0 Å². The quantitative estimate of drug-likeness (QED) is 0.730. The fourth-order valence-corrected chi connectivity index (χ4v) is 2.85. The summed E-state index contributed by atoms with van der Waals surface area (Å²) >= 11 is 3.47. The second-order valence-electron chi connectivity index (χ2n) is 4.97. The number of halogens is 2. The zero-order chi connectivity index (χ0) is 14.8. The Morgan fingerprint density at radius 3 is 2.76 bits per heavy atom. The van der Waals surface area contributed by atoms with Crippen LogP contribution in [-0.2, 0) is 6.42 Å². The van der Waals surface area contributed by atoms with Gasteiger partial charge in [0.1, 0.15) is 17.2 Å². The standard InChI is InChI=1S/C17H15BrFNO/c1-20-15(9-12-8-13(19)6-7-14(12)18)17-10-11-4-2-3-5-16(11)21-17/h2-8,10,15,20H,9H2,1H3. The molecular weight excluding hydrogens is 333 g/mol. The topological polar surface area (TPSA) is 25.2 Å². The lowest BCUT2D eigenvalue weighted by molar-refractivity contribution is 0.450. The van der Waals surface area contributed by atoms with Gasteiger partial charge in [-0.05, 0) is 49.4 Å². The van der Waals surface area contributed by atoms with E-state index in [1.165, 1.54) is 6.07 Å². The van der Waals surface area contributed by atoms with Crippen LogP contribution in [0.1, 0.15) is 17.4 Å². The normalized spacial score (nSPS) is 12.7. The first kappa shape index (κ1) is 14.3. The van der Waals surface area contributed by atoms with Gasteiger partial charge in [0.15, 0.2) is 0 Å². The van der Waals surface area contributed by atoms with Crippen molar-refractivity contribution < 1.29 is 8.81 Å². The smallest absolute Gasteiger partial charge is 0.134 e. The summed E-state index contributed by atoms with van der Waals surface area (Å²) in [4.78, 5) is 0. The van der Waals surface area contributed by atoms with E-state index in [0.29, 0.717) is 6.42 Å². The highest BCUT2D eigenvalue weighted by atomic mass is 79.9. The van der Waals surface area contributed by atoms with Crippen molar-refractivity contribution in [1.29, 1.82) is 0 Å². The summed E-state index contributed by atoms with van der Waals surface area (Å²) in [6, 6.07) is 14.7. The molecule has 3 aromatic rings. The maximum atomic E-state index is 13.4. The van der Waals surface area contributed by atoms with Crippen molar-refractivity contribution in [1.82, 2.24) is 5.32 Å². The molecule has 1 atom stereocenters. The molecule has 4 heteroatoms. The lowest BCUT2D eigenvalue weighted by Gasteiger charge is -2.14. The molecule has 0 spiro atoms. The molecule has 1 heterocycles. The molecule has 0 aliphatic carbocycles. The molecule has 0 aliphatic heterocycles. The highest BCUT2D eigenvalue weighted by Gasteiger charge is 2.17. The van der Waals surface area contributed by atoms with Crippen LogP contribution in [0.2, 0.25) is 0 Å². The number of hydrogen-bond acceptors (Lipinski definition) is 2. The van der Waals surface area contributed by atoms with E-state index < -0.39 is 0 Å². The van der Waals surface area contributed by atoms with Gasteiger partial charge in [0.2, 0.25) is 0 Å². The Morgan fingerprint density at radius 2 is 2.00 bits per heavy atom. The Bertz CT molecular complexity index is 735. The molecular formula is C17H15BrFNO. The second kappa shape index (κ2) is 6.00. The Morgan fingerprint density at radius 1 is 1.19 bits per heavy atom. The van der Waals surface area contributed by atoms with Crippen LogP contribution >= 0.6 is 15.9 Å². The van der Waals surface area contributed by atoms with Gasteiger partial charge < -0.3 is 9.73 Å². The largest absolute Gasteiger partial charge is 0.459 e. The monoisotopic (exact) mass is 347 g/mol. The molecule has 1 aromatic heterocycles. The van der Waals surface area contributed by atoms with E-state index in [9.17, 15) is 4.39 Å². The van der Waals surface area contributed by atoms with E-state index in [4.69, 9.17) is 4.42 Å². The molecule has 1 unspecified atom stereocenters. The van der Waals surface area contributed by atoms with Gasteiger partial charge in [-0.2, -0.15) is 0 Å². The van der Waals surface area contributed by atoms with Crippen molar-refractivity contribution in [3.63, 3.8) is 0 Å². The molecule has 21 heavy (non-hydrogen) atoms. The highest BCUT2D eigenvalue weighted by molar-refractivity contribution is 9.10. The number of rotatable bonds is 4. The van der Waals surface area contributed by atoms with Gasteiger partial charge in [0.25, 0.3) is 0 Å². The van der Waals surface area contributed by atoms with Crippen molar-refractivity contribution in [2.75, 3.05) is 7.05 Å². The molecule has 0 bridgehead atoms. The number of hydrogen-bond donors (Lipinski definition) is 1. The number of benzene rings is 2. The summed E-state index contributed by atoms with van der Waals surface area (Å²) in [7, 11) is 1.88. The van der Waals surface area contributed by atoms with Crippen LogP contribution in [-0.4, -0.2) is 7.05 Å². The number of nitrogens with one attached hydrogen (secondary N) is 1. The van der Waals surface area contributed by atoms with Crippen molar-refractivity contribution in [3.05, 3.63) is 70.1 Å². The van der Waals surface area contributed by atoms with E-state index in [1.807, 2.05) is 37.4 Å². The molecule has 0 saturated heterocycles. The van der Waals surface area contributed by atoms with E-state index in [2.05, 4.69) is 21.2 Å². The van der Waals surface area contributed by atoms with Crippen LogP contribution in [0.5, 0.6) is 0 Å². The fraction of sp³-hybridized carbons (Fsp3) is 0.176. The van der Waals surface area contributed by atoms with Crippen molar-refractivity contribution in [3.8, 4) is 0 Å². The Labute approximate surface area is 131 Å². The number of likely N-dealkylation sites (N-methyl/N-ethyl adjacent to an activating group) is 1. The number of para-hydroxylation sites is 1. The first-order chi connectivity index (χ1) is 10.2. The first-order valence-electron chi connectivity index (χ1n) is 6.77. The maximum Gasteiger partial charge on any atom is 0.134 e. The van der Waals surface area contributed by atoms with Gasteiger partial charge in [-0.25, -0.2) is 4.39 Å². The summed E-state index contributed by atoms with van der Waals surface area (Å²) in [5.41, 5.74) is 1.78. The summed E-state index contributed by atoms with van der Waals surface area (Å²) in [6.07, 6.45) is 0.647. The molecule has 2 nitrogen and oxygen atoms in total. The zero-order valence-electron chi connectivity index (χ0n) is 11.6. The average molecular weight is 348 g/mol. The maximum absolute atomic E-state index is 13.4. The molecule has 108 valence electrons. The Kier molecular flexibility index (Phi) is 4.08. The van der Waals surface area contributed by atoms with Crippen LogP contribution in [0.3, 0.4) is 0 Å². The predicted octanol–water partition coefficient (Wildman–Crippen LogP) is 4.84. The Balaban J connectivity index is 1.92. The molecule has 0 radical (unpaired) electrons. The zero-order valence-corrected chi connectivity index (χ0v) is 13.2. The van der Waals surface area contributed by atoms with E-state index >= 15 is 0 Å². The summed E-state index contributed by atoms with van der Waals surface area (Å²) in [5.74, 6) is 0.627. The molecule has 2 aromatic carbocycles. The molecule has 3 rings (SSSR count). The molecule has 0 fully saturated rings. The van der Waals surface area contributed by atoms with E-state index in [0.717, 1.165) is 26.8 Å². The first-order valence-corrected chi connectivity index (χ1v) is 7.56. The molecule has 0 aliphatic rings. The van der Waals surface area contributed by atoms with Gasteiger partial charge in [0.05, 0.1) is 6.04 Å². The van der Waals surface area contributed by atoms with Gasteiger partial charge >= 0.3 is 0 Å². The van der Waals surface area contributed by atoms with Crippen LogP contribution in [0.4, 0.5) is 4.39 Å². The minimum atomic E-state index is -0.229. The minimum Gasteiger partial charge on any atom is -0.459 e. The third kappa shape index (κ3) is 3.01. The van der Waals surface area contributed by atoms with E-state index in [1.54, 1.807) is 12.1 Å². The second-order valence-corrected chi connectivity index (χ2v) is 5.82. The van der Waals surface area contributed by atoms with Crippen LogP contribution in [0, 0.1) is 5.82 Å². The van der Waals surface area contributed by atoms with Crippen molar-refractivity contribution in [2.24, 2.45) is 0 Å². The third-order valence-corrected chi connectivity index (χ3v) is 4.34. The molecule has 0 amide bonds. The lowest BCUT2D eigenvalue weighted by atomic mass is 10.0. The minimum absolute atomic E-state index is 0.00417. The summed E-state index contributed by atoms with van der Waals surface area (Å²) < 4.78 is 20.2.